The second-order valence-corrected chi connectivity index (χ2v) is 5.09. The van der Waals surface area contributed by atoms with Gasteiger partial charge < -0.3 is 5.32 Å². The monoisotopic (exact) mass is 280 g/mol. The summed E-state index contributed by atoms with van der Waals surface area (Å²) in [6.07, 6.45) is 0. The Balaban J connectivity index is 1.96. The molecule has 3 rings (SSSR count). The van der Waals surface area contributed by atoms with Gasteiger partial charge in [0.15, 0.2) is 0 Å². The molecule has 0 bridgehead atoms. The third kappa shape index (κ3) is 2.14. The highest BCUT2D eigenvalue weighted by Gasteiger charge is 2.36. The van der Waals surface area contributed by atoms with Crippen LogP contribution in [0.1, 0.15) is 39.2 Å². The molecule has 1 N–H and O–H groups in total. The Bertz CT molecular complexity index is 672. The molecule has 0 aromatic heterocycles. The maximum atomic E-state index is 12.4. The van der Waals surface area contributed by atoms with Crippen LogP contribution in [0.3, 0.4) is 0 Å². The molecule has 21 heavy (non-hydrogen) atoms. The molecule has 106 valence electrons. The van der Waals surface area contributed by atoms with Crippen molar-refractivity contribution in [3.05, 3.63) is 65.2 Å². The molecule has 1 unspecified atom stereocenters. The second-order valence-electron chi connectivity index (χ2n) is 5.09. The number of carbonyl (C=O) groups excluding carboxylic acids is 2. The van der Waals surface area contributed by atoms with E-state index in [1.54, 1.807) is 24.3 Å². The number of hydrogen-bond acceptors (Lipinski definition) is 3. The molecule has 4 heteroatoms. The topological polar surface area (TPSA) is 49.4 Å². The Kier molecular flexibility index (Phi) is 3.31. The molecule has 4 nitrogen and oxygen atoms in total. The number of hydrogen-bond donors (Lipinski definition) is 1. The molecule has 0 radical (unpaired) electrons. The number of nitrogens with one attached hydrogen (secondary N) is 1. The van der Waals surface area contributed by atoms with Crippen LogP contribution in [0.4, 0.5) is 5.69 Å². The van der Waals surface area contributed by atoms with Crippen molar-refractivity contribution in [3.63, 3.8) is 0 Å². The SMILES string of the molecule is CNC(C)c1ccc(N2C(=O)c3ccccc3C2=O)cc1. The Morgan fingerprint density at radius 3 is 1.90 bits per heavy atom. The van der Waals surface area contributed by atoms with Gasteiger partial charge in [-0.15, -0.1) is 0 Å². The maximum absolute atomic E-state index is 12.4. The molecule has 2 amide bonds. The van der Waals surface area contributed by atoms with Crippen molar-refractivity contribution in [2.24, 2.45) is 0 Å². The molecule has 0 aliphatic carbocycles. The number of anilines is 1. The van der Waals surface area contributed by atoms with Gasteiger partial charge in [-0.3, -0.25) is 9.59 Å². The fourth-order valence-corrected chi connectivity index (χ4v) is 2.50. The van der Waals surface area contributed by atoms with E-state index in [9.17, 15) is 9.59 Å². The lowest BCUT2D eigenvalue weighted by molar-refractivity contribution is 0.0926. The van der Waals surface area contributed by atoms with Crippen molar-refractivity contribution in [2.75, 3.05) is 11.9 Å². The summed E-state index contributed by atoms with van der Waals surface area (Å²) in [4.78, 5) is 26.0. The van der Waals surface area contributed by atoms with Gasteiger partial charge in [0, 0.05) is 6.04 Å². The highest BCUT2D eigenvalue weighted by atomic mass is 16.2. The number of fused-ring (bicyclic) bond motifs is 1. The van der Waals surface area contributed by atoms with Crippen LogP contribution >= 0.6 is 0 Å². The number of rotatable bonds is 3. The van der Waals surface area contributed by atoms with Crippen molar-refractivity contribution in [3.8, 4) is 0 Å². The van der Waals surface area contributed by atoms with E-state index in [1.165, 1.54) is 4.90 Å². The normalized spacial score (nSPS) is 15.2. The molecule has 1 aliphatic rings. The van der Waals surface area contributed by atoms with Crippen LogP contribution in [0.25, 0.3) is 0 Å². The molecule has 0 fully saturated rings. The summed E-state index contributed by atoms with van der Waals surface area (Å²) in [7, 11) is 1.89. The molecule has 2 aromatic carbocycles. The van der Waals surface area contributed by atoms with Crippen LogP contribution in [-0.2, 0) is 0 Å². The quantitative estimate of drug-likeness (QED) is 0.879. The fourth-order valence-electron chi connectivity index (χ4n) is 2.50. The zero-order valence-corrected chi connectivity index (χ0v) is 12.0. The lowest BCUT2D eigenvalue weighted by Gasteiger charge is -2.16. The van der Waals surface area contributed by atoms with Gasteiger partial charge in [0.1, 0.15) is 0 Å². The average molecular weight is 280 g/mol. The first-order valence-corrected chi connectivity index (χ1v) is 6.88. The minimum absolute atomic E-state index is 0.223. The predicted octanol–water partition coefficient (Wildman–Crippen LogP) is 2.77. The summed E-state index contributed by atoms with van der Waals surface area (Å²) in [5, 5.41) is 3.15. The summed E-state index contributed by atoms with van der Waals surface area (Å²) < 4.78 is 0. The lowest BCUT2D eigenvalue weighted by atomic mass is 10.1. The first-order valence-electron chi connectivity index (χ1n) is 6.88. The molecule has 0 saturated carbocycles. The van der Waals surface area contributed by atoms with Gasteiger partial charge in [-0.25, -0.2) is 4.90 Å². The standard InChI is InChI=1S/C17H16N2O2/c1-11(18-2)12-7-9-13(10-8-12)19-16(20)14-5-3-4-6-15(14)17(19)21/h3-11,18H,1-2H3. The fraction of sp³-hybridized carbons (Fsp3) is 0.176. The minimum atomic E-state index is -0.259. The van der Waals surface area contributed by atoms with E-state index in [0.29, 0.717) is 16.8 Å². The van der Waals surface area contributed by atoms with Gasteiger partial charge in [-0.05, 0) is 43.8 Å². The van der Waals surface area contributed by atoms with Gasteiger partial charge in [-0.1, -0.05) is 24.3 Å². The van der Waals surface area contributed by atoms with Crippen molar-refractivity contribution in [1.29, 1.82) is 0 Å². The summed E-state index contributed by atoms with van der Waals surface area (Å²) >= 11 is 0. The van der Waals surface area contributed by atoms with E-state index in [2.05, 4.69) is 12.2 Å². The number of carbonyl (C=O) groups is 2. The van der Waals surface area contributed by atoms with E-state index in [4.69, 9.17) is 0 Å². The van der Waals surface area contributed by atoms with Gasteiger partial charge in [0.2, 0.25) is 0 Å². The molecule has 0 saturated heterocycles. The number of benzene rings is 2. The van der Waals surface area contributed by atoms with Crippen molar-refractivity contribution < 1.29 is 9.59 Å². The van der Waals surface area contributed by atoms with Gasteiger partial charge in [0.05, 0.1) is 16.8 Å². The number of amides is 2. The first kappa shape index (κ1) is 13.5. The van der Waals surface area contributed by atoms with Crippen molar-refractivity contribution in [1.82, 2.24) is 5.32 Å². The minimum Gasteiger partial charge on any atom is -0.313 e. The Morgan fingerprint density at radius 2 is 1.43 bits per heavy atom. The van der Waals surface area contributed by atoms with Crippen LogP contribution < -0.4 is 10.2 Å². The highest BCUT2D eigenvalue weighted by Crippen LogP contribution is 2.28. The molecule has 0 spiro atoms. The van der Waals surface area contributed by atoms with Gasteiger partial charge >= 0.3 is 0 Å². The van der Waals surface area contributed by atoms with Crippen LogP contribution in [-0.4, -0.2) is 18.9 Å². The first-order chi connectivity index (χ1) is 10.1. The van der Waals surface area contributed by atoms with E-state index in [1.807, 2.05) is 31.3 Å². The van der Waals surface area contributed by atoms with Crippen LogP contribution in [0, 0.1) is 0 Å². The van der Waals surface area contributed by atoms with Crippen molar-refractivity contribution in [2.45, 2.75) is 13.0 Å². The molecular formula is C17H16N2O2. The van der Waals surface area contributed by atoms with Crippen LogP contribution in [0.2, 0.25) is 0 Å². The molecule has 1 aliphatic heterocycles. The van der Waals surface area contributed by atoms with E-state index in [0.717, 1.165) is 5.56 Å². The van der Waals surface area contributed by atoms with E-state index < -0.39 is 0 Å². The summed E-state index contributed by atoms with van der Waals surface area (Å²) in [6, 6.07) is 14.6. The maximum Gasteiger partial charge on any atom is 0.266 e. The third-order valence-corrected chi connectivity index (χ3v) is 3.88. The largest absolute Gasteiger partial charge is 0.313 e. The summed E-state index contributed by atoms with van der Waals surface area (Å²) in [6.45, 7) is 2.05. The summed E-state index contributed by atoms with van der Waals surface area (Å²) in [5.41, 5.74) is 2.65. The van der Waals surface area contributed by atoms with Crippen LogP contribution in [0.5, 0.6) is 0 Å². The third-order valence-electron chi connectivity index (χ3n) is 3.88. The van der Waals surface area contributed by atoms with Gasteiger partial charge in [0.25, 0.3) is 11.8 Å². The van der Waals surface area contributed by atoms with E-state index in [-0.39, 0.29) is 17.9 Å². The lowest BCUT2D eigenvalue weighted by Crippen LogP contribution is -2.29. The highest BCUT2D eigenvalue weighted by molar-refractivity contribution is 6.34. The second kappa shape index (κ2) is 5.14. The molecule has 1 atom stereocenters. The van der Waals surface area contributed by atoms with Crippen molar-refractivity contribution >= 4 is 17.5 Å². The predicted molar refractivity (Wildman–Crippen MR) is 81.5 cm³/mol. The smallest absolute Gasteiger partial charge is 0.266 e. The zero-order valence-electron chi connectivity index (χ0n) is 12.0. The zero-order chi connectivity index (χ0) is 15.0. The number of nitrogens with zero attached hydrogens (tertiary/aromatic N) is 1. The average Bonchev–Trinajstić information content (AvgIpc) is 2.79. The molecule has 1 heterocycles. The summed E-state index contributed by atoms with van der Waals surface area (Å²) in [5.74, 6) is -0.518. The Labute approximate surface area is 123 Å². The Morgan fingerprint density at radius 1 is 0.905 bits per heavy atom. The van der Waals surface area contributed by atoms with E-state index >= 15 is 0 Å². The number of imide groups is 1. The molecular weight excluding hydrogens is 264 g/mol. The van der Waals surface area contributed by atoms with Gasteiger partial charge in [-0.2, -0.15) is 0 Å². The Hall–Kier alpha value is -2.46. The molecule has 2 aromatic rings. The van der Waals surface area contributed by atoms with Crippen LogP contribution in [0.15, 0.2) is 48.5 Å².